The summed E-state index contributed by atoms with van der Waals surface area (Å²) in [6, 6.07) is 12.7. The van der Waals surface area contributed by atoms with E-state index in [-0.39, 0.29) is 18.7 Å². The number of hydrogen-bond acceptors (Lipinski definition) is 7. The van der Waals surface area contributed by atoms with Crippen molar-refractivity contribution >= 4 is 28.3 Å². The Labute approximate surface area is 157 Å². The number of thiazole rings is 1. The van der Waals surface area contributed by atoms with Crippen LogP contribution in [-0.4, -0.2) is 25.5 Å². The third-order valence-corrected chi connectivity index (χ3v) is 4.77. The third kappa shape index (κ3) is 3.75. The quantitative estimate of drug-likeness (QED) is 0.496. The first kappa shape index (κ1) is 17.0. The molecule has 3 heterocycles. The maximum atomic E-state index is 12.2. The molecule has 0 saturated heterocycles. The van der Waals surface area contributed by atoms with Gasteiger partial charge in [-0.2, -0.15) is 0 Å². The molecule has 27 heavy (non-hydrogen) atoms. The first-order valence-electron chi connectivity index (χ1n) is 8.17. The van der Waals surface area contributed by atoms with Crippen molar-refractivity contribution in [2.45, 2.75) is 13.2 Å². The van der Waals surface area contributed by atoms with Gasteiger partial charge in [0.05, 0.1) is 28.6 Å². The molecule has 0 N–H and O–H groups in total. The van der Waals surface area contributed by atoms with E-state index in [1.165, 1.54) is 22.1 Å². The Morgan fingerprint density at radius 2 is 1.96 bits per heavy atom. The topological polar surface area (TPSA) is 87.0 Å². The second-order valence-corrected chi connectivity index (χ2v) is 6.55. The maximum Gasteiger partial charge on any atom is 0.326 e. The minimum atomic E-state index is -0.513. The first-order valence-corrected chi connectivity index (χ1v) is 9.05. The number of pyridine rings is 1. The van der Waals surface area contributed by atoms with E-state index in [4.69, 9.17) is 4.74 Å². The molecule has 4 rings (SSSR count). The van der Waals surface area contributed by atoms with Gasteiger partial charge in [0.1, 0.15) is 18.2 Å². The smallest absolute Gasteiger partial charge is 0.326 e. The number of esters is 1. The van der Waals surface area contributed by atoms with Gasteiger partial charge in [-0.05, 0) is 24.3 Å². The molecule has 0 aliphatic carbocycles. The summed E-state index contributed by atoms with van der Waals surface area (Å²) in [5.41, 5.74) is 2.30. The summed E-state index contributed by atoms with van der Waals surface area (Å²) < 4.78 is 6.64. The molecule has 0 unspecified atom stereocenters. The Morgan fingerprint density at radius 1 is 1.11 bits per heavy atom. The summed E-state index contributed by atoms with van der Waals surface area (Å²) in [7, 11) is 0. The standard InChI is InChI=1S/C19H14N4O3S/c24-17-9-21-14-5-1-2-7-16(14)23(17)10-18(25)26-11-13-12-27-19(22-13)15-6-3-4-8-20-15/h1-9,12H,10-11H2. The third-order valence-electron chi connectivity index (χ3n) is 3.86. The fourth-order valence-electron chi connectivity index (χ4n) is 2.59. The van der Waals surface area contributed by atoms with Crippen LogP contribution in [0.25, 0.3) is 21.7 Å². The van der Waals surface area contributed by atoms with E-state index in [0.29, 0.717) is 16.7 Å². The van der Waals surface area contributed by atoms with E-state index in [2.05, 4.69) is 15.0 Å². The highest BCUT2D eigenvalue weighted by Crippen LogP contribution is 2.21. The zero-order valence-corrected chi connectivity index (χ0v) is 14.9. The number of nitrogens with zero attached hydrogens (tertiary/aromatic N) is 4. The van der Waals surface area contributed by atoms with Gasteiger partial charge in [-0.3, -0.25) is 19.1 Å². The zero-order valence-electron chi connectivity index (χ0n) is 14.1. The van der Waals surface area contributed by atoms with Crippen molar-refractivity contribution in [2.75, 3.05) is 0 Å². The highest BCUT2D eigenvalue weighted by molar-refractivity contribution is 7.13. The Kier molecular flexibility index (Phi) is 4.71. The minimum absolute atomic E-state index is 0.0416. The van der Waals surface area contributed by atoms with Crippen LogP contribution < -0.4 is 5.56 Å². The lowest BCUT2D eigenvalue weighted by Crippen LogP contribution is -2.25. The van der Waals surface area contributed by atoms with Crippen molar-refractivity contribution in [2.24, 2.45) is 0 Å². The Morgan fingerprint density at radius 3 is 2.81 bits per heavy atom. The van der Waals surface area contributed by atoms with Crippen LogP contribution in [0.2, 0.25) is 0 Å². The molecule has 4 aromatic rings. The predicted octanol–water partition coefficient (Wildman–Crippen LogP) is 2.66. The van der Waals surface area contributed by atoms with Gasteiger partial charge in [0.25, 0.3) is 5.56 Å². The Balaban J connectivity index is 1.45. The second kappa shape index (κ2) is 7.46. The highest BCUT2D eigenvalue weighted by Gasteiger charge is 2.12. The van der Waals surface area contributed by atoms with Crippen molar-refractivity contribution in [3.63, 3.8) is 0 Å². The summed E-state index contributed by atoms with van der Waals surface area (Å²) in [4.78, 5) is 37.0. The molecule has 0 fully saturated rings. The number of fused-ring (bicyclic) bond motifs is 1. The molecule has 3 aromatic heterocycles. The molecule has 0 radical (unpaired) electrons. The van der Waals surface area contributed by atoms with Gasteiger partial charge in [-0.25, -0.2) is 9.97 Å². The lowest BCUT2D eigenvalue weighted by Gasteiger charge is -2.08. The van der Waals surface area contributed by atoms with E-state index in [1.54, 1.807) is 24.4 Å². The van der Waals surface area contributed by atoms with Gasteiger partial charge in [-0.1, -0.05) is 18.2 Å². The average Bonchev–Trinajstić information content (AvgIpc) is 3.18. The molecule has 0 amide bonds. The lowest BCUT2D eigenvalue weighted by atomic mass is 10.3. The molecule has 0 atom stereocenters. The van der Waals surface area contributed by atoms with Crippen LogP contribution in [0.4, 0.5) is 0 Å². The molecule has 0 bridgehead atoms. The number of benzene rings is 1. The van der Waals surface area contributed by atoms with Gasteiger partial charge in [0.15, 0.2) is 0 Å². The summed E-state index contributed by atoms with van der Waals surface area (Å²) in [5, 5.41) is 2.59. The molecular weight excluding hydrogens is 364 g/mol. The van der Waals surface area contributed by atoms with Crippen molar-refractivity contribution < 1.29 is 9.53 Å². The number of rotatable bonds is 5. The van der Waals surface area contributed by atoms with Gasteiger partial charge in [0, 0.05) is 11.6 Å². The minimum Gasteiger partial charge on any atom is -0.458 e. The van der Waals surface area contributed by atoms with E-state index < -0.39 is 5.97 Å². The number of carbonyl (C=O) groups excluding carboxylic acids is 1. The SMILES string of the molecule is O=C(Cn1c(=O)cnc2ccccc21)OCc1csc(-c2ccccn2)n1. The summed E-state index contributed by atoms with van der Waals surface area (Å²) in [5.74, 6) is -0.513. The lowest BCUT2D eigenvalue weighted by molar-refractivity contribution is -0.145. The Bertz CT molecular complexity index is 1150. The molecule has 8 heteroatoms. The molecule has 0 saturated carbocycles. The number of para-hydroxylation sites is 2. The Hall–Kier alpha value is -3.39. The number of carbonyl (C=O) groups is 1. The largest absolute Gasteiger partial charge is 0.458 e. The van der Waals surface area contributed by atoms with Gasteiger partial charge >= 0.3 is 5.97 Å². The molecule has 1 aromatic carbocycles. The van der Waals surface area contributed by atoms with Crippen molar-refractivity contribution in [3.05, 3.63) is 76.3 Å². The summed E-state index contributed by atoms with van der Waals surface area (Å²) in [6.07, 6.45) is 2.91. The predicted molar refractivity (Wildman–Crippen MR) is 101 cm³/mol. The maximum absolute atomic E-state index is 12.2. The van der Waals surface area contributed by atoms with E-state index in [9.17, 15) is 9.59 Å². The van der Waals surface area contributed by atoms with Gasteiger partial charge in [0.2, 0.25) is 0 Å². The van der Waals surface area contributed by atoms with Crippen molar-refractivity contribution in [1.82, 2.24) is 19.5 Å². The number of hydrogen-bond donors (Lipinski definition) is 0. The number of ether oxygens (including phenoxy) is 1. The van der Waals surface area contributed by atoms with Crippen molar-refractivity contribution in [1.29, 1.82) is 0 Å². The number of aromatic nitrogens is 4. The first-order chi connectivity index (χ1) is 13.2. The van der Waals surface area contributed by atoms with Gasteiger partial charge < -0.3 is 4.74 Å². The summed E-state index contributed by atoms with van der Waals surface area (Å²) >= 11 is 1.43. The van der Waals surface area contributed by atoms with Crippen LogP contribution in [0.1, 0.15) is 5.69 Å². The van der Waals surface area contributed by atoms with Crippen LogP contribution in [0.5, 0.6) is 0 Å². The fourth-order valence-corrected chi connectivity index (χ4v) is 3.37. The monoisotopic (exact) mass is 378 g/mol. The highest BCUT2D eigenvalue weighted by atomic mass is 32.1. The molecule has 0 aliphatic rings. The normalized spacial score (nSPS) is 10.8. The van der Waals surface area contributed by atoms with Gasteiger partial charge in [-0.15, -0.1) is 11.3 Å². The van der Waals surface area contributed by atoms with Crippen LogP contribution in [0.3, 0.4) is 0 Å². The fraction of sp³-hybridized carbons (Fsp3) is 0.105. The molecular formula is C19H14N4O3S. The molecule has 0 spiro atoms. The van der Waals surface area contributed by atoms with E-state index in [1.807, 2.05) is 29.6 Å². The molecule has 134 valence electrons. The van der Waals surface area contributed by atoms with Crippen LogP contribution in [-0.2, 0) is 22.7 Å². The van der Waals surface area contributed by atoms with E-state index >= 15 is 0 Å². The average molecular weight is 378 g/mol. The zero-order chi connectivity index (χ0) is 18.6. The van der Waals surface area contributed by atoms with Crippen LogP contribution >= 0.6 is 11.3 Å². The molecule has 7 nitrogen and oxygen atoms in total. The van der Waals surface area contributed by atoms with E-state index in [0.717, 1.165) is 10.7 Å². The van der Waals surface area contributed by atoms with Crippen LogP contribution in [0.15, 0.2) is 65.0 Å². The molecule has 0 aliphatic heterocycles. The summed E-state index contributed by atoms with van der Waals surface area (Å²) in [6.45, 7) is -0.140. The van der Waals surface area contributed by atoms with Crippen LogP contribution in [0, 0.1) is 0 Å². The van der Waals surface area contributed by atoms with Crippen molar-refractivity contribution in [3.8, 4) is 10.7 Å². The second-order valence-electron chi connectivity index (χ2n) is 5.69.